The first-order valence-electron chi connectivity index (χ1n) is 8.53. The fourth-order valence-corrected chi connectivity index (χ4v) is 3.40. The highest BCUT2D eigenvalue weighted by atomic mass is 16.3. The van der Waals surface area contributed by atoms with Gasteiger partial charge >= 0.3 is 6.03 Å². The van der Waals surface area contributed by atoms with Crippen LogP contribution in [-0.2, 0) is 13.0 Å². The molecule has 3 rings (SSSR count). The van der Waals surface area contributed by atoms with Gasteiger partial charge in [0.15, 0.2) is 0 Å². The predicted molar refractivity (Wildman–Crippen MR) is 90.2 cm³/mol. The van der Waals surface area contributed by atoms with E-state index < -0.39 is 0 Å². The van der Waals surface area contributed by atoms with E-state index in [0.717, 1.165) is 38.9 Å². The number of carbonyl (C=O) groups is 1. The lowest BCUT2D eigenvalue weighted by molar-refractivity contribution is 0.0699. The van der Waals surface area contributed by atoms with Crippen molar-refractivity contribution < 1.29 is 9.90 Å². The fourth-order valence-electron chi connectivity index (χ4n) is 3.40. The quantitative estimate of drug-likeness (QED) is 0.792. The van der Waals surface area contributed by atoms with Crippen molar-refractivity contribution in [2.75, 3.05) is 26.2 Å². The van der Waals surface area contributed by atoms with Crippen molar-refractivity contribution in [2.24, 2.45) is 5.41 Å². The van der Waals surface area contributed by atoms with Gasteiger partial charge in [0.25, 0.3) is 0 Å². The van der Waals surface area contributed by atoms with Crippen LogP contribution in [0.5, 0.6) is 0 Å². The molecule has 0 radical (unpaired) electrons. The lowest BCUT2D eigenvalue weighted by atomic mass is 9.81. The van der Waals surface area contributed by atoms with Gasteiger partial charge in [-0.2, -0.15) is 0 Å². The zero-order chi connectivity index (χ0) is 16.3. The number of nitrogens with zero attached hydrogens (tertiary/aromatic N) is 1. The van der Waals surface area contributed by atoms with Crippen LogP contribution >= 0.6 is 0 Å². The van der Waals surface area contributed by atoms with Crippen LogP contribution in [0.15, 0.2) is 24.3 Å². The third kappa shape index (κ3) is 3.85. The molecule has 2 heterocycles. The number of piperidine rings is 1. The maximum Gasteiger partial charge on any atom is 0.317 e. The third-order valence-corrected chi connectivity index (χ3v) is 5.31. The van der Waals surface area contributed by atoms with E-state index in [0.29, 0.717) is 12.6 Å². The standard InChI is InChI=1S/C18H27N3O2/c1-18(13-22)6-8-21(9-7-18)17(23)20-12-16-10-14-4-2-3-5-15(14)11-19-16/h2-5,16,19,22H,6-13H2,1H3,(H,20,23). The summed E-state index contributed by atoms with van der Waals surface area (Å²) >= 11 is 0. The van der Waals surface area contributed by atoms with E-state index in [1.807, 2.05) is 4.90 Å². The van der Waals surface area contributed by atoms with Crippen LogP contribution in [0.1, 0.15) is 30.9 Å². The SMILES string of the molecule is CC1(CO)CCN(C(=O)NCC2Cc3ccccc3CN2)CC1. The minimum absolute atomic E-state index is 0.0191. The molecule has 5 heteroatoms. The van der Waals surface area contributed by atoms with Crippen LogP contribution in [0.2, 0.25) is 0 Å². The van der Waals surface area contributed by atoms with Gasteiger partial charge in [0.1, 0.15) is 0 Å². The van der Waals surface area contributed by atoms with Gasteiger partial charge in [-0.05, 0) is 35.8 Å². The molecule has 0 spiro atoms. The van der Waals surface area contributed by atoms with Crippen molar-refractivity contribution in [1.82, 2.24) is 15.5 Å². The summed E-state index contributed by atoms with van der Waals surface area (Å²) in [6, 6.07) is 8.78. The van der Waals surface area contributed by atoms with Crippen molar-refractivity contribution in [1.29, 1.82) is 0 Å². The molecule has 2 aliphatic heterocycles. The first-order chi connectivity index (χ1) is 11.1. The number of fused-ring (bicyclic) bond motifs is 1. The van der Waals surface area contributed by atoms with Crippen LogP contribution < -0.4 is 10.6 Å². The van der Waals surface area contributed by atoms with Gasteiger partial charge in [-0.25, -0.2) is 4.79 Å². The van der Waals surface area contributed by atoms with E-state index in [1.54, 1.807) is 0 Å². The van der Waals surface area contributed by atoms with Crippen molar-refractivity contribution in [2.45, 2.75) is 38.8 Å². The monoisotopic (exact) mass is 317 g/mol. The Balaban J connectivity index is 1.45. The summed E-state index contributed by atoms with van der Waals surface area (Å²) in [5, 5.41) is 16.0. The lowest BCUT2D eigenvalue weighted by Crippen LogP contribution is -2.51. The average Bonchev–Trinajstić information content (AvgIpc) is 2.60. The van der Waals surface area contributed by atoms with Gasteiger partial charge in [0, 0.05) is 38.8 Å². The van der Waals surface area contributed by atoms with Crippen molar-refractivity contribution >= 4 is 6.03 Å². The van der Waals surface area contributed by atoms with Gasteiger partial charge < -0.3 is 20.6 Å². The number of rotatable bonds is 3. The number of aliphatic hydroxyl groups is 1. The predicted octanol–water partition coefficient (Wildman–Crippen LogP) is 1.50. The van der Waals surface area contributed by atoms with Crippen LogP contribution in [0, 0.1) is 5.41 Å². The van der Waals surface area contributed by atoms with Crippen molar-refractivity contribution in [3.05, 3.63) is 35.4 Å². The molecule has 1 aromatic carbocycles. The van der Waals surface area contributed by atoms with E-state index >= 15 is 0 Å². The Kier molecular flexibility index (Phi) is 4.87. The second-order valence-electron chi connectivity index (χ2n) is 7.19. The minimum Gasteiger partial charge on any atom is -0.396 e. The summed E-state index contributed by atoms with van der Waals surface area (Å²) in [6.45, 7) is 5.27. The number of carbonyl (C=O) groups excluding carboxylic acids is 1. The van der Waals surface area contributed by atoms with Gasteiger partial charge in [-0.3, -0.25) is 0 Å². The molecule has 5 nitrogen and oxygen atoms in total. The smallest absolute Gasteiger partial charge is 0.317 e. The van der Waals surface area contributed by atoms with E-state index in [-0.39, 0.29) is 18.1 Å². The van der Waals surface area contributed by atoms with Crippen LogP contribution in [0.25, 0.3) is 0 Å². The number of benzene rings is 1. The zero-order valence-electron chi connectivity index (χ0n) is 13.8. The number of nitrogens with one attached hydrogen (secondary N) is 2. The lowest BCUT2D eigenvalue weighted by Gasteiger charge is -2.38. The molecule has 0 saturated carbocycles. The van der Waals surface area contributed by atoms with Gasteiger partial charge in [-0.15, -0.1) is 0 Å². The number of amides is 2. The molecule has 0 aliphatic carbocycles. The summed E-state index contributed by atoms with van der Waals surface area (Å²) in [5.74, 6) is 0. The molecule has 0 bridgehead atoms. The zero-order valence-corrected chi connectivity index (χ0v) is 13.8. The van der Waals surface area contributed by atoms with Gasteiger partial charge in [0.05, 0.1) is 0 Å². The summed E-state index contributed by atoms with van der Waals surface area (Å²) in [6.07, 6.45) is 2.69. The minimum atomic E-state index is -0.0224. The normalized spacial score (nSPS) is 23.2. The topological polar surface area (TPSA) is 64.6 Å². The summed E-state index contributed by atoms with van der Waals surface area (Å²) in [7, 11) is 0. The summed E-state index contributed by atoms with van der Waals surface area (Å²) < 4.78 is 0. The van der Waals surface area contributed by atoms with E-state index in [2.05, 4.69) is 41.8 Å². The molecule has 1 aromatic rings. The molecular weight excluding hydrogens is 290 g/mol. The molecule has 0 aromatic heterocycles. The van der Waals surface area contributed by atoms with Gasteiger partial charge in [-0.1, -0.05) is 31.2 Å². The maximum absolute atomic E-state index is 12.3. The molecule has 1 unspecified atom stereocenters. The Morgan fingerprint density at radius 1 is 1.35 bits per heavy atom. The third-order valence-electron chi connectivity index (χ3n) is 5.31. The molecule has 23 heavy (non-hydrogen) atoms. The molecule has 3 N–H and O–H groups in total. The van der Waals surface area contributed by atoms with E-state index in [9.17, 15) is 9.90 Å². The number of likely N-dealkylation sites (tertiary alicyclic amines) is 1. The first kappa shape index (κ1) is 16.3. The maximum atomic E-state index is 12.3. The summed E-state index contributed by atoms with van der Waals surface area (Å²) in [4.78, 5) is 14.2. The molecular formula is C18H27N3O2. The Morgan fingerprint density at radius 2 is 2.04 bits per heavy atom. The molecule has 1 saturated heterocycles. The Bertz CT molecular complexity index is 553. The fraction of sp³-hybridized carbons (Fsp3) is 0.611. The summed E-state index contributed by atoms with van der Waals surface area (Å²) in [5.41, 5.74) is 2.71. The number of hydrogen-bond donors (Lipinski definition) is 3. The second-order valence-corrected chi connectivity index (χ2v) is 7.19. The van der Waals surface area contributed by atoms with Crippen molar-refractivity contribution in [3.8, 4) is 0 Å². The Morgan fingerprint density at radius 3 is 2.74 bits per heavy atom. The number of hydrogen-bond acceptors (Lipinski definition) is 3. The molecule has 2 aliphatic rings. The molecule has 1 atom stereocenters. The van der Waals surface area contributed by atoms with E-state index in [4.69, 9.17) is 0 Å². The number of aliphatic hydroxyl groups excluding tert-OH is 1. The Hall–Kier alpha value is -1.59. The van der Waals surface area contributed by atoms with Crippen LogP contribution in [0.4, 0.5) is 4.79 Å². The van der Waals surface area contributed by atoms with Crippen LogP contribution in [-0.4, -0.2) is 48.3 Å². The molecule has 126 valence electrons. The highest BCUT2D eigenvalue weighted by Crippen LogP contribution is 2.29. The molecule has 1 fully saturated rings. The number of urea groups is 1. The van der Waals surface area contributed by atoms with Crippen molar-refractivity contribution in [3.63, 3.8) is 0 Å². The highest BCUT2D eigenvalue weighted by Gasteiger charge is 2.31. The Labute approximate surface area is 138 Å². The second kappa shape index (κ2) is 6.89. The first-order valence-corrected chi connectivity index (χ1v) is 8.53. The van der Waals surface area contributed by atoms with Gasteiger partial charge in [0.2, 0.25) is 0 Å². The van der Waals surface area contributed by atoms with Crippen LogP contribution in [0.3, 0.4) is 0 Å². The highest BCUT2D eigenvalue weighted by molar-refractivity contribution is 5.74. The average molecular weight is 317 g/mol. The largest absolute Gasteiger partial charge is 0.396 e. The van der Waals surface area contributed by atoms with E-state index in [1.165, 1.54) is 11.1 Å². The molecule has 2 amide bonds.